The Labute approximate surface area is 134 Å². The summed E-state index contributed by atoms with van der Waals surface area (Å²) in [6.07, 6.45) is 0. The summed E-state index contributed by atoms with van der Waals surface area (Å²) in [6, 6.07) is 15.3. The van der Waals surface area contributed by atoms with E-state index in [0.29, 0.717) is 5.75 Å². The van der Waals surface area contributed by atoms with Crippen molar-refractivity contribution in [2.45, 2.75) is 31.8 Å². The van der Waals surface area contributed by atoms with E-state index in [9.17, 15) is 9.00 Å². The van der Waals surface area contributed by atoms with E-state index in [1.54, 1.807) is 6.92 Å². The van der Waals surface area contributed by atoms with Gasteiger partial charge in [-0.2, -0.15) is 0 Å². The van der Waals surface area contributed by atoms with Gasteiger partial charge in [-0.25, -0.2) is 0 Å². The van der Waals surface area contributed by atoms with Crippen LogP contribution in [-0.4, -0.2) is 15.4 Å². The summed E-state index contributed by atoms with van der Waals surface area (Å²) in [6.45, 7) is 5.72. The van der Waals surface area contributed by atoms with Gasteiger partial charge in [-0.3, -0.25) is 9.00 Å². The van der Waals surface area contributed by atoms with Crippen molar-refractivity contribution < 1.29 is 9.00 Å². The van der Waals surface area contributed by atoms with Gasteiger partial charge in [-0.1, -0.05) is 42.0 Å². The number of anilines is 1. The van der Waals surface area contributed by atoms with Crippen LogP contribution in [0.1, 0.15) is 23.6 Å². The summed E-state index contributed by atoms with van der Waals surface area (Å²) in [5.41, 5.74) is 4.01. The summed E-state index contributed by atoms with van der Waals surface area (Å²) >= 11 is 0. The van der Waals surface area contributed by atoms with E-state index < -0.39 is 16.0 Å². The van der Waals surface area contributed by atoms with Crippen molar-refractivity contribution in [3.63, 3.8) is 0 Å². The number of amides is 1. The molecule has 22 heavy (non-hydrogen) atoms. The molecule has 0 aliphatic carbocycles. The Kier molecular flexibility index (Phi) is 5.50. The average Bonchev–Trinajstić information content (AvgIpc) is 2.51. The first kappa shape index (κ1) is 16.4. The molecule has 0 heterocycles. The van der Waals surface area contributed by atoms with Crippen molar-refractivity contribution in [3.05, 3.63) is 65.2 Å². The third-order valence-electron chi connectivity index (χ3n) is 3.61. The van der Waals surface area contributed by atoms with Crippen LogP contribution < -0.4 is 5.32 Å². The molecule has 0 aliphatic heterocycles. The second-order valence-electron chi connectivity index (χ2n) is 5.45. The minimum Gasteiger partial charge on any atom is -0.325 e. The molecule has 0 bridgehead atoms. The fourth-order valence-electron chi connectivity index (χ4n) is 2.12. The molecule has 0 aliphatic rings. The highest BCUT2D eigenvalue weighted by molar-refractivity contribution is 7.85. The van der Waals surface area contributed by atoms with Gasteiger partial charge in [0, 0.05) is 22.2 Å². The standard InChI is InChI=1S/C18H21NO2S/c1-13-9-10-14(2)16(11-13)12-22(21)15(3)18(20)19-17-7-5-4-6-8-17/h4-11,15H,12H2,1-3H3,(H,19,20)/t15-,22-/m1/s1. The summed E-state index contributed by atoms with van der Waals surface area (Å²) < 4.78 is 12.5. The summed E-state index contributed by atoms with van der Waals surface area (Å²) in [5.74, 6) is 0.187. The number of aryl methyl sites for hydroxylation is 2. The minimum absolute atomic E-state index is 0.213. The van der Waals surface area contributed by atoms with Gasteiger partial charge in [0.2, 0.25) is 5.91 Å². The van der Waals surface area contributed by atoms with Crippen LogP contribution in [-0.2, 0) is 21.3 Å². The van der Waals surface area contributed by atoms with Crippen molar-refractivity contribution >= 4 is 22.4 Å². The fraction of sp³-hybridized carbons (Fsp3) is 0.278. The Bertz CT molecular complexity index is 683. The normalized spacial score (nSPS) is 13.4. The van der Waals surface area contributed by atoms with E-state index in [1.807, 2.05) is 62.4 Å². The predicted molar refractivity (Wildman–Crippen MR) is 92.3 cm³/mol. The number of benzene rings is 2. The maximum atomic E-state index is 12.5. The average molecular weight is 315 g/mol. The number of rotatable bonds is 5. The van der Waals surface area contributed by atoms with Crippen LogP contribution in [0, 0.1) is 13.8 Å². The van der Waals surface area contributed by atoms with Crippen LogP contribution in [0.15, 0.2) is 48.5 Å². The molecule has 0 spiro atoms. The molecular weight excluding hydrogens is 294 g/mol. The van der Waals surface area contributed by atoms with Gasteiger partial charge in [0.1, 0.15) is 5.25 Å². The van der Waals surface area contributed by atoms with Crippen LogP contribution in [0.2, 0.25) is 0 Å². The van der Waals surface area contributed by atoms with Crippen molar-refractivity contribution in [1.82, 2.24) is 0 Å². The van der Waals surface area contributed by atoms with Crippen molar-refractivity contribution in [1.29, 1.82) is 0 Å². The Morgan fingerprint density at radius 1 is 1.14 bits per heavy atom. The molecule has 1 N–H and O–H groups in total. The number of carbonyl (C=O) groups excluding carboxylic acids is 1. The number of carbonyl (C=O) groups is 1. The van der Waals surface area contributed by atoms with Gasteiger partial charge >= 0.3 is 0 Å². The van der Waals surface area contributed by atoms with Gasteiger partial charge < -0.3 is 5.32 Å². The molecule has 0 aromatic heterocycles. The molecule has 0 unspecified atom stereocenters. The summed E-state index contributed by atoms with van der Waals surface area (Å²) in [7, 11) is -1.25. The molecule has 0 saturated heterocycles. The second kappa shape index (κ2) is 7.36. The monoisotopic (exact) mass is 315 g/mol. The zero-order chi connectivity index (χ0) is 16.1. The molecule has 2 aromatic rings. The van der Waals surface area contributed by atoms with E-state index >= 15 is 0 Å². The third-order valence-corrected chi connectivity index (χ3v) is 5.21. The van der Waals surface area contributed by atoms with Crippen molar-refractivity contribution in [2.24, 2.45) is 0 Å². The Morgan fingerprint density at radius 3 is 2.50 bits per heavy atom. The van der Waals surface area contributed by atoms with Gasteiger partial charge in [-0.05, 0) is 44.0 Å². The van der Waals surface area contributed by atoms with Gasteiger partial charge in [0.05, 0.1) is 0 Å². The van der Waals surface area contributed by atoms with Gasteiger partial charge in [-0.15, -0.1) is 0 Å². The maximum Gasteiger partial charge on any atom is 0.239 e. The van der Waals surface area contributed by atoms with Crippen LogP contribution in [0.25, 0.3) is 0 Å². The second-order valence-corrected chi connectivity index (χ2v) is 7.21. The number of para-hydroxylation sites is 1. The first-order valence-electron chi connectivity index (χ1n) is 7.26. The molecule has 116 valence electrons. The smallest absolute Gasteiger partial charge is 0.239 e. The zero-order valence-corrected chi connectivity index (χ0v) is 13.9. The summed E-state index contributed by atoms with van der Waals surface area (Å²) in [5, 5.41) is 2.25. The molecule has 2 atom stereocenters. The first-order chi connectivity index (χ1) is 10.5. The molecule has 2 rings (SSSR count). The Balaban J connectivity index is 2.02. The highest BCUT2D eigenvalue weighted by Gasteiger charge is 2.20. The van der Waals surface area contributed by atoms with Crippen LogP contribution >= 0.6 is 0 Å². The third kappa shape index (κ3) is 4.28. The quantitative estimate of drug-likeness (QED) is 0.916. The minimum atomic E-state index is -1.25. The highest BCUT2D eigenvalue weighted by Crippen LogP contribution is 2.15. The SMILES string of the molecule is Cc1ccc(C)c(C[S@@](=O)[C@H](C)C(=O)Nc2ccccc2)c1. The van der Waals surface area contributed by atoms with E-state index in [0.717, 1.165) is 22.4 Å². The van der Waals surface area contributed by atoms with E-state index in [4.69, 9.17) is 0 Å². The Hall–Kier alpha value is -1.94. The predicted octanol–water partition coefficient (Wildman–Crippen LogP) is 3.58. The lowest BCUT2D eigenvalue weighted by Gasteiger charge is -2.13. The number of hydrogen-bond donors (Lipinski definition) is 1. The molecule has 0 saturated carbocycles. The molecule has 1 amide bonds. The molecular formula is C18H21NO2S. The fourth-order valence-corrected chi connectivity index (χ4v) is 3.28. The van der Waals surface area contributed by atoms with Crippen LogP contribution in [0.5, 0.6) is 0 Å². The largest absolute Gasteiger partial charge is 0.325 e. The highest BCUT2D eigenvalue weighted by atomic mass is 32.2. The van der Waals surface area contributed by atoms with Crippen LogP contribution in [0.4, 0.5) is 5.69 Å². The van der Waals surface area contributed by atoms with E-state index in [2.05, 4.69) is 5.32 Å². The molecule has 0 radical (unpaired) electrons. The lowest BCUT2D eigenvalue weighted by Crippen LogP contribution is -2.29. The molecule has 3 nitrogen and oxygen atoms in total. The molecule has 0 fully saturated rings. The lowest BCUT2D eigenvalue weighted by atomic mass is 10.1. The zero-order valence-electron chi connectivity index (χ0n) is 13.1. The van der Waals surface area contributed by atoms with E-state index in [-0.39, 0.29) is 5.91 Å². The number of nitrogens with one attached hydrogen (secondary N) is 1. The number of hydrogen-bond acceptors (Lipinski definition) is 2. The topological polar surface area (TPSA) is 46.2 Å². The molecule has 2 aromatic carbocycles. The lowest BCUT2D eigenvalue weighted by molar-refractivity contribution is -0.115. The summed E-state index contributed by atoms with van der Waals surface area (Å²) in [4.78, 5) is 12.2. The maximum absolute atomic E-state index is 12.5. The van der Waals surface area contributed by atoms with Crippen molar-refractivity contribution in [2.75, 3.05) is 5.32 Å². The first-order valence-corrected chi connectivity index (χ1v) is 8.65. The van der Waals surface area contributed by atoms with Crippen LogP contribution in [0.3, 0.4) is 0 Å². The van der Waals surface area contributed by atoms with Gasteiger partial charge in [0.25, 0.3) is 0 Å². The van der Waals surface area contributed by atoms with Crippen molar-refractivity contribution in [3.8, 4) is 0 Å². The van der Waals surface area contributed by atoms with E-state index in [1.165, 1.54) is 0 Å². The Morgan fingerprint density at radius 2 is 1.82 bits per heavy atom. The van der Waals surface area contributed by atoms with Gasteiger partial charge in [0.15, 0.2) is 0 Å². The molecule has 4 heteroatoms.